The van der Waals surface area contributed by atoms with Crippen LogP contribution in [0.1, 0.15) is 72.1 Å². The van der Waals surface area contributed by atoms with E-state index in [-0.39, 0.29) is 54.4 Å². The number of esters is 1. The smallest absolute Gasteiger partial charge is 0.336 e. The molecular weight excluding hydrogens is 528 g/mol. The molecule has 5 rings (SSSR count). The van der Waals surface area contributed by atoms with Gasteiger partial charge in [-0.25, -0.2) is 9.59 Å². The molecule has 0 radical (unpaired) electrons. The Hall–Kier alpha value is -2.75. The number of carbonyl (C=O) groups is 5. The number of nitrogens with one attached hydrogen (secondary N) is 1. The first-order chi connectivity index (χ1) is 19.4. The van der Waals surface area contributed by atoms with Crippen LogP contribution < -0.4 is 5.32 Å². The molecule has 10 nitrogen and oxygen atoms in total. The second-order valence-corrected chi connectivity index (χ2v) is 13.5. The third kappa shape index (κ3) is 4.89. The van der Waals surface area contributed by atoms with E-state index in [2.05, 4.69) is 19.2 Å². The van der Waals surface area contributed by atoms with Gasteiger partial charge in [-0.1, -0.05) is 13.8 Å². The van der Waals surface area contributed by atoms with E-state index in [1.807, 2.05) is 0 Å². The van der Waals surface area contributed by atoms with Crippen LogP contribution in [0, 0.1) is 40.4 Å². The Morgan fingerprint density at radius 2 is 1.93 bits per heavy atom. The zero-order chi connectivity index (χ0) is 29.7. The van der Waals surface area contributed by atoms with Gasteiger partial charge in [0.15, 0.2) is 0 Å². The van der Waals surface area contributed by atoms with E-state index < -0.39 is 34.9 Å². The summed E-state index contributed by atoms with van der Waals surface area (Å²) in [7, 11) is 1.59. The number of carbonyl (C=O) groups excluding carboxylic acids is 4. The van der Waals surface area contributed by atoms with Crippen molar-refractivity contribution in [3.8, 4) is 0 Å². The summed E-state index contributed by atoms with van der Waals surface area (Å²) in [6.07, 6.45) is 6.24. The molecule has 2 saturated heterocycles. The molecule has 41 heavy (non-hydrogen) atoms. The maximum Gasteiger partial charge on any atom is 0.336 e. The van der Waals surface area contributed by atoms with Gasteiger partial charge in [0.25, 0.3) is 0 Å². The number of fused-ring (bicyclic) bond motifs is 5. The van der Waals surface area contributed by atoms with E-state index in [9.17, 15) is 29.1 Å². The highest BCUT2D eigenvalue weighted by molar-refractivity contribution is 5.91. The van der Waals surface area contributed by atoms with Crippen molar-refractivity contribution in [2.75, 3.05) is 26.8 Å². The average molecular weight is 573 g/mol. The Kier molecular flexibility index (Phi) is 8.09. The normalized spacial score (nSPS) is 40.9. The van der Waals surface area contributed by atoms with Crippen LogP contribution in [0.5, 0.6) is 0 Å². The van der Waals surface area contributed by atoms with Crippen molar-refractivity contribution in [3.63, 3.8) is 0 Å². The van der Waals surface area contributed by atoms with Crippen LogP contribution in [-0.4, -0.2) is 78.4 Å². The van der Waals surface area contributed by atoms with Crippen LogP contribution >= 0.6 is 0 Å². The maximum atomic E-state index is 13.4. The third-order valence-electron chi connectivity index (χ3n) is 11.4. The fourth-order valence-electron chi connectivity index (χ4n) is 9.73. The minimum absolute atomic E-state index is 0.0105. The molecule has 2 aliphatic heterocycles. The van der Waals surface area contributed by atoms with Crippen LogP contribution in [0.15, 0.2) is 11.8 Å². The Morgan fingerprint density at radius 1 is 1.17 bits per heavy atom. The zero-order valence-corrected chi connectivity index (χ0v) is 24.6. The number of ether oxygens (including phenoxy) is 2. The lowest BCUT2D eigenvalue weighted by Gasteiger charge is -2.63. The first-order valence-electron chi connectivity index (χ1n) is 15.1. The predicted molar refractivity (Wildman–Crippen MR) is 147 cm³/mol. The molecule has 5 aliphatic rings. The number of cyclic esters (lactones) is 1. The summed E-state index contributed by atoms with van der Waals surface area (Å²) in [5.74, 6) is -1.01. The number of carboxylic acids is 1. The van der Waals surface area contributed by atoms with Gasteiger partial charge in [0.1, 0.15) is 23.7 Å². The highest BCUT2D eigenvalue weighted by atomic mass is 16.6. The molecule has 0 aromatic rings. The summed E-state index contributed by atoms with van der Waals surface area (Å²) in [6, 6.07) is -0.817. The van der Waals surface area contributed by atoms with Crippen LogP contribution in [-0.2, 0) is 33.4 Å². The monoisotopic (exact) mass is 572 g/mol. The summed E-state index contributed by atoms with van der Waals surface area (Å²) in [4.78, 5) is 64.8. The van der Waals surface area contributed by atoms with Gasteiger partial charge in [-0.2, -0.15) is 0 Å². The second kappa shape index (κ2) is 11.2. The number of methoxy groups -OCH3 is 1. The molecule has 3 aliphatic carbocycles. The van der Waals surface area contributed by atoms with Crippen molar-refractivity contribution in [1.29, 1.82) is 0 Å². The lowest BCUT2D eigenvalue weighted by Crippen LogP contribution is -2.63. The van der Waals surface area contributed by atoms with Crippen molar-refractivity contribution < 1.29 is 38.6 Å². The van der Waals surface area contributed by atoms with Gasteiger partial charge in [0, 0.05) is 49.4 Å². The van der Waals surface area contributed by atoms with Crippen molar-refractivity contribution in [3.05, 3.63) is 11.8 Å². The number of Topliss-reactive ketones (excluding diaryl/α,β-unsaturated/α-hetero) is 2. The van der Waals surface area contributed by atoms with Crippen LogP contribution in [0.2, 0.25) is 0 Å². The third-order valence-corrected chi connectivity index (χ3v) is 11.4. The molecule has 1 unspecified atom stereocenters. The molecular formula is C31H44N2O8. The first kappa shape index (κ1) is 29.7. The number of hydrogen-bond acceptors (Lipinski definition) is 8. The number of nitrogens with zero attached hydrogens (tertiary/aromatic N) is 1. The second-order valence-electron chi connectivity index (χ2n) is 13.5. The number of amides is 1. The minimum atomic E-state index is -1.01. The SMILES string of the molecule is COC[C@H]1OC(=O)/C(=C\NCC(=O)N2CCC[C@H]2C(=O)O)C2CC[C@@H]3[C@H]([C@H](CC(C)=O)C[C@]4(C)C(=O)CC[C@@H]34)[C@]21C. The summed E-state index contributed by atoms with van der Waals surface area (Å²) in [5, 5.41) is 12.4. The molecule has 0 aromatic carbocycles. The molecule has 0 bridgehead atoms. The zero-order valence-electron chi connectivity index (χ0n) is 24.6. The Bertz CT molecular complexity index is 1150. The number of aliphatic carboxylic acids is 1. The number of carboxylic acid groups (broad SMARTS) is 1. The molecule has 2 heterocycles. The summed E-state index contributed by atoms with van der Waals surface area (Å²) < 4.78 is 11.6. The molecule has 0 aromatic heterocycles. The van der Waals surface area contributed by atoms with E-state index in [1.165, 1.54) is 4.90 Å². The summed E-state index contributed by atoms with van der Waals surface area (Å²) in [6.45, 7) is 6.39. The van der Waals surface area contributed by atoms with Crippen molar-refractivity contribution in [2.45, 2.75) is 84.3 Å². The van der Waals surface area contributed by atoms with Crippen molar-refractivity contribution in [2.24, 2.45) is 40.4 Å². The molecule has 226 valence electrons. The molecule has 9 atom stereocenters. The molecule has 1 amide bonds. The highest BCUT2D eigenvalue weighted by Crippen LogP contribution is 2.68. The van der Waals surface area contributed by atoms with Gasteiger partial charge in [-0.05, 0) is 69.1 Å². The lowest BCUT2D eigenvalue weighted by atomic mass is 9.42. The molecule has 10 heteroatoms. The molecule has 0 spiro atoms. The number of likely N-dealkylation sites (tertiary alicyclic amines) is 1. The molecule has 2 N–H and O–H groups in total. The van der Waals surface area contributed by atoms with E-state index in [4.69, 9.17) is 9.47 Å². The van der Waals surface area contributed by atoms with Gasteiger partial charge in [-0.15, -0.1) is 0 Å². The van der Waals surface area contributed by atoms with Gasteiger partial charge in [-0.3, -0.25) is 9.59 Å². The number of hydrogen-bond donors (Lipinski definition) is 2. The van der Waals surface area contributed by atoms with E-state index >= 15 is 0 Å². The van der Waals surface area contributed by atoms with Crippen molar-refractivity contribution >= 4 is 29.4 Å². The van der Waals surface area contributed by atoms with Crippen LogP contribution in [0.3, 0.4) is 0 Å². The summed E-state index contributed by atoms with van der Waals surface area (Å²) in [5.41, 5.74) is -0.475. The maximum absolute atomic E-state index is 13.4. The van der Waals surface area contributed by atoms with Gasteiger partial charge >= 0.3 is 11.9 Å². The fourth-order valence-corrected chi connectivity index (χ4v) is 9.73. The van der Waals surface area contributed by atoms with Crippen molar-refractivity contribution in [1.82, 2.24) is 10.2 Å². The first-order valence-corrected chi connectivity index (χ1v) is 15.1. The highest BCUT2D eigenvalue weighted by Gasteiger charge is 2.67. The average Bonchev–Trinajstić information content (AvgIpc) is 3.51. The van der Waals surface area contributed by atoms with E-state index in [0.717, 1.165) is 19.3 Å². The Morgan fingerprint density at radius 3 is 2.61 bits per heavy atom. The lowest BCUT2D eigenvalue weighted by molar-refractivity contribution is -0.207. The van der Waals surface area contributed by atoms with Crippen LogP contribution in [0.25, 0.3) is 0 Å². The summed E-state index contributed by atoms with van der Waals surface area (Å²) >= 11 is 0. The topological polar surface area (TPSA) is 139 Å². The fraction of sp³-hybridized carbons (Fsp3) is 0.774. The largest absolute Gasteiger partial charge is 0.480 e. The van der Waals surface area contributed by atoms with Gasteiger partial charge in [0.05, 0.1) is 18.7 Å². The molecule has 3 saturated carbocycles. The van der Waals surface area contributed by atoms with Crippen LogP contribution in [0.4, 0.5) is 0 Å². The van der Waals surface area contributed by atoms with Gasteiger partial charge in [0.2, 0.25) is 5.91 Å². The standard InChI is InChI=1S/C31H44N2O8/c1-17(34)12-18-13-30(2)21(9-10-24(30)35)19-7-8-22-20(29(39)41-25(16-40-4)31(22,3)27(18)19)14-32-15-26(36)33-11-5-6-23(33)28(37)38/h14,18-19,21-23,25,27,32H,5-13,15-16H2,1-4H3,(H,37,38)/b20-14-/t18-,19+,21+,22?,23+,25-,27+,30+,31-/m1/s1. The number of rotatable bonds is 8. The Balaban J connectivity index is 1.45. The predicted octanol–water partition coefficient (Wildman–Crippen LogP) is 2.74. The number of ketones is 2. The van der Waals surface area contributed by atoms with Gasteiger partial charge < -0.3 is 29.6 Å². The quantitative estimate of drug-likeness (QED) is 0.332. The minimum Gasteiger partial charge on any atom is -0.480 e. The Labute approximate surface area is 241 Å². The molecule has 5 fully saturated rings. The van der Waals surface area contributed by atoms with E-state index in [1.54, 1.807) is 20.2 Å². The van der Waals surface area contributed by atoms with E-state index in [0.29, 0.717) is 50.0 Å².